The molecule has 2 heterocycles. The van der Waals surface area contributed by atoms with Crippen LogP contribution in [-0.4, -0.2) is 41.5 Å². The second-order valence-electron chi connectivity index (χ2n) is 6.00. The monoisotopic (exact) mass is 413 g/mol. The predicted molar refractivity (Wildman–Crippen MR) is 100 cm³/mol. The summed E-state index contributed by atoms with van der Waals surface area (Å²) in [7, 11) is 2.14. The molecule has 0 bridgehead atoms. The molecule has 0 saturated heterocycles. The van der Waals surface area contributed by atoms with E-state index in [0.717, 1.165) is 20.1 Å². The van der Waals surface area contributed by atoms with Crippen molar-refractivity contribution in [1.29, 1.82) is 0 Å². The van der Waals surface area contributed by atoms with Crippen LogP contribution in [0.15, 0.2) is 21.3 Å². The molecule has 1 amide bonds. The number of halogens is 1. The van der Waals surface area contributed by atoms with Gasteiger partial charge in [0.1, 0.15) is 5.01 Å². The highest BCUT2D eigenvalue weighted by Gasteiger charge is 2.29. The van der Waals surface area contributed by atoms with Gasteiger partial charge in [0.25, 0.3) is 0 Å². The first kappa shape index (κ1) is 17.1. The van der Waals surface area contributed by atoms with Gasteiger partial charge >= 0.3 is 0 Å². The summed E-state index contributed by atoms with van der Waals surface area (Å²) in [6, 6.07) is 3.15. The molecule has 1 aliphatic rings. The van der Waals surface area contributed by atoms with Crippen molar-refractivity contribution in [2.75, 3.05) is 13.6 Å². The third-order valence-electron chi connectivity index (χ3n) is 4.08. The molecule has 7 heteroatoms. The van der Waals surface area contributed by atoms with Gasteiger partial charge in [-0.3, -0.25) is 9.69 Å². The predicted octanol–water partition coefficient (Wildman–Crippen LogP) is 3.78. The first-order valence-electron chi connectivity index (χ1n) is 7.70. The normalized spacial score (nSPS) is 15.8. The lowest BCUT2D eigenvalue weighted by Crippen LogP contribution is -2.41. The highest BCUT2D eigenvalue weighted by atomic mass is 79.9. The molecule has 0 aromatic carbocycles. The smallest absolute Gasteiger partial charge is 0.226 e. The highest BCUT2D eigenvalue weighted by molar-refractivity contribution is 9.10. The van der Waals surface area contributed by atoms with Crippen LogP contribution < -0.4 is 5.32 Å². The average molecular weight is 414 g/mol. The minimum Gasteiger partial charge on any atom is -0.354 e. The molecule has 1 unspecified atom stereocenters. The zero-order valence-corrected chi connectivity index (χ0v) is 16.4. The minimum atomic E-state index is 0.0465. The van der Waals surface area contributed by atoms with E-state index >= 15 is 0 Å². The summed E-state index contributed by atoms with van der Waals surface area (Å²) in [6.45, 7) is 2.86. The van der Waals surface area contributed by atoms with Gasteiger partial charge in [-0.1, -0.05) is 0 Å². The zero-order chi connectivity index (χ0) is 16.4. The molecule has 2 aromatic heterocycles. The van der Waals surface area contributed by atoms with Gasteiger partial charge in [-0.2, -0.15) is 0 Å². The molecule has 124 valence electrons. The van der Waals surface area contributed by atoms with Gasteiger partial charge in [-0.05, 0) is 48.8 Å². The van der Waals surface area contributed by atoms with Gasteiger partial charge < -0.3 is 5.32 Å². The van der Waals surface area contributed by atoms with Gasteiger partial charge in [0, 0.05) is 33.9 Å². The number of likely N-dealkylation sites (N-methyl/N-ethyl adjacent to an activating group) is 1. The topological polar surface area (TPSA) is 45.2 Å². The molecule has 3 rings (SSSR count). The number of carbonyl (C=O) groups excluding carboxylic acids is 1. The largest absolute Gasteiger partial charge is 0.354 e. The molecule has 1 fully saturated rings. The van der Waals surface area contributed by atoms with E-state index in [9.17, 15) is 4.79 Å². The number of thiophene rings is 1. The Balaban J connectivity index is 1.49. The molecule has 1 aliphatic carbocycles. The fourth-order valence-corrected chi connectivity index (χ4v) is 4.73. The number of thiazole rings is 1. The van der Waals surface area contributed by atoms with Crippen LogP contribution in [0.25, 0.3) is 9.88 Å². The Bertz CT molecular complexity index is 680. The molecule has 2 aromatic rings. The fourth-order valence-electron chi connectivity index (χ4n) is 2.40. The Labute approximate surface area is 153 Å². The van der Waals surface area contributed by atoms with Gasteiger partial charge in [-0.25, -0.2) is 4.98 Å². The molecule has 1 saturated carbocycles. The number of rotatable bonds is 7. The van der Waals surface area contributed by atoms with Crippen molar-refractivity contribution in [3.05, 3.63) is 27.0 Å². The number of hydrogen-bond donors (Lipinski definition) is 1. The van der Waals surface area contributed by atoms with E-state index in [1.807, 2.05) is 10.8 Å². The lowest BCUT2D eigenvalue weighted by atomic mass is 10.2. The van der Waals surface area contributed by atoms with Crippen molar-refractivity contribution in [2.24, 2.45) is 0 Å². The third-order valence-corrected chi connectivity index (χ3v) is 6.84. The lowest BCUT2D eigenvalue weighted by Gasteiger charge is -2.24. The standard InChI is InChI=1S/C16H20BrN3OS2/c1-10(20(2)13-3-4-13)7-18-15(21)6-12-9-23-16(19-12)14-5-11(17)8-22-14/h5,8-10,13H,3-4,6-7H2,1-2H3,(H,18,21). The van der Waals surface area contributed by atoms with Crippen LogP contribution in [0.2, 0.25) is 0 Å². The summed E-state index contributed by atoms with van der Waals surface area (Å²) in [4.78, 5) is 20.2. The lowest BCUT2D eigenvalue weighted by molar-refractivity contribution is -0.120. The van der Waals surface area contributed by atoms with E-state index < -0.39 is 0 Å². The number of carbonyl (C=O) groups is 1. The van der Waals surface area contributed by atoms with Crippen molar-refractivity contribution in [3.8, 4) is 9.88 Å². The summed E-state index contributed by atoms with van der Waals surface area (Å²) in [5, 5.41) is 8.02. The Morgan fingerprint density at radius 2 is 2.26 bits per heavy atom. The van der Waals surface area contributed by atoms with E-state index in [1.165, 1.54) is 12.8 Å². The first-order chi connectivity index (χ1) is 11.0. The molecular weight excluding hydrogens is 394 g/mol. The van der Waals surface area contributed by atoms with E-state index in [4.69, 9.17) is 0 Å². The summed E-state index contributed by atoms with van der Waals surface area (Å²) >= 11 is 6.70. The van der Waals surface area contributed by atoms with E-state index in [0.29, 0.717) is 25.0 Å². The van der Waals surface area contributed by atoms with Crippen molar-refractivity contribution in [3.63, 3.8) is 0 Å². The molecule has 1 N–H and O–H groups in total. The summed E-state index contributed by atoms with van der Waals surface area (Å²) in [5.74, 6) is 0.0465. The highest BCUT2D eigenvalue weighted by Crippen LogP contribution is 2.32. The maximum atomic E-state index is 12.1. The number of amides is 1. The Morgan fingerprint density at radius 1 is 1.48 bits per heavy atom. The Kier molecular flexibility index (Phi) is 5.51. The molecule has 4 nitrogen and oxygen atoms in total. The number of aromatic nitrogens is 1. The molecular formula is C16H20BrN3OS2. The minimum absolute atomic E-state index is 0.0465. The third kappa shape index (κ3) is 4.62. The average Bonchev–Trinajstić information content (AvgIpc) is 3.13. The number of hydrogen-bond acceptors (Lipinski definition) is 5. The fraction of sp³-hybridized carbons (Fsp3) is 0.500. The van der Waals surface area contributed by atoms with Gasteiger partial charge in [-0.15, -0.1) is 22.7 Å². The summed E-state index contributed by atoms with van der Waals surface area (Å²) < 4.78 is 1.07. The van der Waals surface area contributed by atoms with Crippen LogP contribution in [0.1, 0.15) is 25.5 Å². The van der Waals surface area contributed by atoms with Crippen LogP contribution in [0, 0.1) is 0 Å². The second kappa shape index (κ2) is 7.42. The van der Waals surface area contributed by atoms with Crippen LogP contribution in [0.4, 0.5) is 0 Å². The molecule has 0 spiro atoms. The van der Waals surface area contributed by atoms with E-state index in [2.05, 4.69) is 51.2 Å². The maximum Gasteiger partial charge on any atom is 0.226 e. The van der Waals surface area contributed by atoms with E-state index in [1.54, 1.807) is 22.7 Å². The zero-order valence-electron chi connectivity index (χ0n) is 13.2. The number of nitrogens with zero attached hydrogens (tertiary/aromatic N) is 2. The second-order valence-corrected chi connectivity index (χ2v) is 8.68. The summed E-state index contributed by atoms with van der Waals surface area (Å²) in [5.41, 5.74) is 0.843. The van der Waals surface area contributed by atoms with Gasteiger partial charge in [0.15, 0.2) is 0 Å². The molecule has 0 aliphatic heterocycles. The van der Waals surface area contributed by atoms with Crippen LogP contribution in [-0.2, 0) is 11.2 Å². The van der Waals surface area contributed by atoms with E-state index in [-0.39, 0.29) is 5.91 Å². The van der Waals surface area contributed by atoms with Crippen molar-refractivity contribution in [1.82, 2.24) is 15.2 Å². The molecule has 23 heavy (non-hydrogen) atoms. The quantitative estimate of drug-likeness (QED) is 0.750. The first-order valence-corrected chi connectivity index (χ1v) is 10.3. The summed E-state index contributed by atoms with van der Waals surface area (Å²) in [6.07, 6.45) is 2.92. The SMILES string of the molecule is CC(CNC(=O)Cc1csc(-c2cc(Br)cs2)n1)N(C)C1CC1. The Hall–Kier alpha value is -0.760. The van der Waals surface area contributed by atoms with Crippen LogP contribution in [0.5, 0.6) is 0 Å². The van der Waals surface area contributed by atoms with Crippen LogP contribution >= 0.6 is 38.6 Å². The van der Waals surface area contributed by atoms with Crippen molar-refractivity contribution < 1.29 is 4.79 Å². The molecule has 1 atom stereocenters. The molecule has 0 radical (unpaired) electrons. The van der Waals surface area contributed by atoms with Crippen molar-refractivity contribution >= 4 is 44.5 Å². The van der Waals surface area contributed by atoms with Gasteiger partial charge in [0.2, 0.25) is 5.91 Å². The van der Waals surface area contributed by atoms with Crippen molar-refractivity contribution in [2.45, 2.75) is 38.3 Å². The Morgan fingerprint density at radius 3 is 2.91 bits per heavy atom. The van der Waals surface area contributed by atoms with Gasteiger partial charge in [0.05, 0.1) is 17.0 Å². The number of nitrogens with one attached hydrogen (secondary N) is 1. The van der Waals surface area contributed by atoms with Crippen LogP contribution in [0.3, 0.4) is 0 Å². The maximum absolute atomic E-state index is 12.1.